The van der Waals surface area contributed by atoms with E-state index in [9.17, 15) is 19.1 Å². The minimum absolute atomic E-state index is 0.127. The van der Waals surface area contributed by atoms with Crippen LogP contribution in [0.1, 0.15) is 5.56 Å². The maximum atomic E-state index is 12.7. The molecule has 0 saturated heterocycles. The third-order valence-electron chi connectivity index (χ3n) is 2.71. The largest absolute Gasteiger partial charge is 0.506 e. The SMILES string of the molecule is Cc1ccc(NC(=O)C(=O)Nc2ccc(F)cc2)c(O)c1. The van der Waals surface area contributed by atoms with Crippen LogP contribution in [0.2, 0.25) is 0 Å². The van der Waals surface area contributed by atoms with Crippen LogP contribution < -0.4 is 10.6 Å². The predicted molar refractivity (Wildman–Crippen MR) is 76.5 cm³/mol. The Labute approximate surface area is 120 Å². The van der Waals surface area contributed by atoms with Gasteiger partial charge in [-0.05, 0) is 48.9 Å². The molecule has 0 unspecified atom stereocenters. The summed E-state index contributed by atoms with van der Waals surface area (Å²) in [5.41, 5.74) is 1.26. The summed E-state index contributed by atoms with van der Waals surface area (Å²) < 4.78 is 12.7. The first-order valence-electron chi connectivity index (χ1n) is 6.13. The Balaban J connectivity index is 2.02. The third-order valence-corrected chi connectivity index (χ3v) is 2.71. The number of amides is 2. The number of anilines is 2. The smallest absolute Gasteiger partial charge is 0.314 e. The van der Waals surface area contributed by atoms with Gasteiger partial charge in [-0.15, -0.1) is 0 Å². The quantitative estimate of drug-likeness (QED) is 0.586. The highest BCUT2D eigenvalue weighted by Crippen LogP contribution is 2.23. The number of carbonyl (C=O) groups excluding carboxylic acids is 2. The van der Waals surface area contributed by atoms with Crippen molar-refractivity contribution >= 4 is 23.2 Å². The number of nitrogens with one attached hydrogen (secondary N) is 2. The molecule has 2 aromatic carbocycles. The molecule has 2 amide bonds. The number of aryl methyl sites for hydroxylation is 1. The Kier molecular flexibility index (Phi) is 4.18. The van der Waals surface area contributed by atoms with Gasteiger partial charge in [-0.1, -0.05) is 6.07 Å². The zero-order chi connectivity index (χ0) is 15.4. The first-order chi connectivity index (χ1) is 9.95. The van der Waals surface area contributed by atoms with Crippen LogP contribution in [0.25, 0.3) is 0 Å². The van der Waals surface area contributed by atoms with E-state index in [0.717, 1.165) is 5.56 Å². The van der Waals surface area contributed by atoms with Gasteiger partial charge in [0, 0.05) is 5.69 Å². The minimum Gasteiger partial charge on any atom is -0.506 e. The van der Waals surface area contributed by atoms with Gasteiger partial charge in [0.2, 0.25) is 0 Å². The van der Waals surface area contributed by atoms with Gasteiger partial charge in [-0.25, -0.2) is 4.39 Å². The molecule has 0 aliphatic heterocycles. The molecule has 108 valence electrons. The normalized spacial score (nSPS) is 10.0. The van der Waals surface area contributed by atoms with Gasteiger partial charge in [0.05, 0.1) is 5.69 Å². The van der Waals surface area contributed by atoms with Gasteiger partial charge in [0.1, 0.15) is 11.6 Å². The van der Waals surface area contributed by atoms with Gasteiger partial charge in [-0.2, -0.15) is 0 Å². The number of hydrogen-bond acceptors (Lipinski definition) is 3. The van der Waals surface area contributed by atoms with Crippen LogP contribution in [0.4, 0.5) is 15.8 Å². The molecule has 0 heterocycles. The summed E-state index contributed by atoms with van der Waals surface area (Å²) in [5, 5.41) is 14.3. The van der Waals surface area contributed by atoms with E-state index < -0.39 is 17.6 Å². The van der Waals surface area contributed by atoms with Crippen molar-refractivity contribution in [3.05, 3.63) is 53.8 Å². The lowest BCUT2D eigenvalue weighted by molar-refractivity contribution is -0.133. The Morgan fingerprint density at radius 2 is 1.62 bits per heavy atom. The molecule has 2 rings (SSSR count). The van der Waals surface area contributed by atoms with E-state index in [1.165, 1.54) is 36.4 Å². The van der Waals surface area contributed by atoms with Crippen molar-refractivity contribution in [2.45, 2.75) is 6.92 Å². The van der Waals surface area contributed by atoms with Crippen LogP contribution in [0, 0.1) is 12.7 Å². The van der Waals surface area contributed by atoms with E-state index in [-0.39, 0.29) is 11.4 Å². The van der Waals surface area contributed by atoms with Gasteiger partial charge in [0.15, 0.2) is 0 Å². The lowest BCUT2D eigenvalue weighted by atomic mass is 10.2. The molecule has 0 saturated carbocycles. The second-order valence-electron chi connectivity index (χ2n) is 4.44. The van der Waals surface area contributed by atoms with Crippen molar-refractivity contribution in [1.82, 2.24) is 0 Å². The molecule has 5 nitrogen and oxygen atoms in total. The van der Waals surface area contributed by atoms with Crippen molar-refractivity contribution < 1.29 is 19.1 Å². The minimum atomic E-state index is -0.932. The summed E-state index contributed by atoms with van der Waals surface area (Å²) in [6.07, 6.45) is 0. The fraction of sp³-hybridized carbons (Fsp3) is 0.0667. The summed E-state index contributed by atoms with van der Waals surface area (Å²) in [4.78, 5) is 23.4. The highest BCUT2D eigenvalue weighted by molar-refractivity contribution is 6.43. The fourth-order valence-corrected chi connectivity index (χ4v) is 1.65. The van der Waals surface area contributed by atoms with Crippen molar-refractivity contribution in [1.29, 1.82) is 0 Å². The molecule has 3 N–H and O–H groups in total. The molecule has 21 heavy (non-hydrogen) atoms. The summed E-state index contributed by atoms with van der Waals surface area (Å²) in [6, 6.07) is 9.65. The van der Waals surface area contributed by atoms with Crippen LogP contribution in [0.3, 0.4) is 0 Å². The summed E-state index contributed by atoms with van der Waals surface area (Å²) in [7, 11) is 0. The highest BCUT2D eigenvalue weighted by atomic mass is 19.1. The second kappa shape index (κ2) is 6.04. The number of phenolic OH excluding ortho intramolecular Hbond substituents is 1. The number of carbonyl (C=O) groups is 2. The van der Waals surface area contributed by atoms with E-state index in [1.54, 1.807) is 13.0 Å². The molecule has 0 fully saturated rings. The van der Waals surface area contributed by atoms with Crippen LogP contribution >= 0.6 is 0 Å². The van der Waals surface area contributed by atoms with Crippen LogP contribution in [0.15, 0.2) is 42.5 Å². The number of halogens is 1. The van der Waals surface area contributed by atoms with Crippen molar-refractivity contribution in [3.8, 4) is 5.75 Å². The van der Waals surface area contributed by atoms with Gasteiger partial charge < -0.3 is 15.7 Å². The molecular weight excluding hydrogens is 275 g/mol. The highest BCUT2D eigenvalue weighted by Gasteiger charge is 2.15. The molecule has 0 spiro atoms. The van der Waals surface area contributed by atoms with E-state index in [1.807, 2.05) is 0 Å². The second-order valence-corrected chi connectivity index (χ2v) is 4.44. The third kappa shape index (κ3) is 3.79. The van der Waals surface area contributed by atoms with E-state index >= 15 is 0 Å². The fourth-order valence-electron chi connectivity index (χ4n) is 1.65. The monoisotopic (exact) mass is 288 g/mol. The lowest BCUT2D eigenvalue weighted by Crippen LogP contribution is -2.29. The molecule has 0 atom stereocenters. The maximum absolute atomic E-state index is 12.7. The van der Waals surface area contributed by atoms with Crippen LogP contribution in [-0.2, 0) is 9.59 Å². The molecule has 0 aliphatic rings. The number of benzene rings is 2. The number of rotatable bonds is 2. The molecular formula is C15H13FN2O3. The first kappa shape index (κ1) is 14.5. The predicted octanol–water partition coefficient (Wildman–Crippen LogP) is 2.42. The molecule has 0 aliphatic carbocycles. The standard InChI is InChI=1S/C15H13FN2O3/c1-9-2-7-12(13(19)8-9)18-15(21)14(20)17-11-5-3-10(16)4-6-11/h2-8,19H,1H3,(H,17,20)(H,18,21). The Morgan fingerprint density at radius 1 is 1.00 bits per heavy atom. The van der Waals surface area contributed by atoms with E-state index in [2.05, 4.69) is 10.6 Å². The Hall–Kier alpha value is -2.89. The lowest BCUT2D eigenvalue weighted by Gasteiger charge is -2.08. The van der Waals surface area contributed by atoms with Gasteiger partial charge in [-0.3, -0.25) is 9.59 Å². The Bertz CT molecular complexity index is 684. The van der Waals surface area contributed by atoms with Gasteiger partial charge >= 0.3 is 11.8 Å². The Morgan fingerprint density at radius 3 is 2.24 bits per heavy atom. The van der Waals surface area contributed by atoms with Crippen LogP contribution in [0.5, 0.6) is 5.75 Å². The summed E-state index contributed by atoms with van der Waals surface area (Å²) >= 11 is 0. The van der Waals surface area contributed by atoms with E-state index in [4.69, 9.17) is 0 Å². The topological polar surface area (TPSA) is 78.4 Å². The molecule has 0 radical (unpaired) electrons. The van der Waals surface area contributed by atoms with Crippen molar-refractivity contribution in [2.24, 2.45) is 0 Å². The zero-order valence-corrected chi connectivity index (χ0v) is 11.2. The molecule has 2 aromatic rings. The molecule has 0 bridgehead atoms. The first-order valence-corrected chi connectivity index (χ1v) is 6.13. The average Bonchev–Trinajstić information content (AvgIpc) is 2.44. The number of phenols is 1. The molecule has 6 heteroatoms. The number of hydrogen-bond donors (Lipinski definition) is 3. The van der Waals surface area contributed by atoms with Crippen molar-refractivity contribution in [2.75, 3.05) is 10.6 Å². The summed E-state index contributed by atoms with van der Waals surface area (Å²) in [6.45, 7) is 1.78. The average molecular weight is 288 g/mol. The van der Waals surface area contributed by atoms with Crippen molar-refractivity contribution in [3.63, 3.8) is 0 Å². The maximum Gasteiger partial charge on any atom is 0.314 e. The van der Waals surface area contributed by atoms with Crippen LogP contribution in [-0.4, -0.2) is 16.9 Å². The van der Waals surface area contributed by atoms with E-state index in [0.29, 0.717) is 5.69 Å². The molecule has 0 aromatic heterocycles. The van der Waals surface area contributed by atoms with Gasteiger partial charge in [0.25, 0.3) is 0 Å². The number of aromatic hydroxyl groups is 1. The summed E-state index contributed by atoms with van der Waals surface area (Å²) in [5.74, 6) is -2.42. The zero-order valence-electron chi connectivity index (χ0n) is 11.2.